The van der Waals surface area contributed by atoms with Crippen LogP contribution in [0.2, 0.25) is 0 Å². The Balaban J connectivity index is 1.84. The zero-order chi connectivity index (χ0) is 18.6. The zero-order valence-electron chi connectivity index (χ0n) is 15.1. The number of benzene rings is 1. The number of pyridine rings is 1. The Hall–Kier alpha value is -2.71. The van der Waals surface area contributed by atoms with Gasteiger partial charge in [0.2, 0.25) is 0 Å². The first kappa shape index (κ1) is 18.1. The predicted octanol–water partition coefficient (Wildman–Crippen LogP) is 4.95. The van der Waals surface area contributed by atoms with E-state index in [1.165, 1.54) is 5.56 Å². The molecule has 132 valence electrons. The van der Waals surface area contributed by atoms with Crippen molar-refractivity contribution >= 4 is 11.3 Å². The molecule has 0 aliphatic heterocycles. The van der Waals surface area contributed by atoms with Crippen LogP contribution in [0.3, 0.4) is 0 Å². The minimum atomic E-state index is -0.248. The summed E-state index contributed by atoms with van der Waals surface area (Å²) in [6.07, 6.45) is 3.42. The van der Waals surface area contributed by atoms with Crippen molar-refractivity contribution in [1.29, 1.82) is 5.26 Å². The molecule has 3 rings (SSSR count). The zero-order valence-corrected chi connectivity index (χ0v) is 16.0. The summed E-state index contributed by atoms with van der Waals surface area (Å²) in [6, 6.07) is 14.1. The van der Waals surface area contributed by atoms with E-state index in [0.29, 0.717) is 18.1 Å². The molecule has 0 saturated heterocycles. The van der Waals surface area contributed by atoms with Gasteiger partial charge in [-0.25, -0.2) is 4.98 Å². The van der Waals surface area contributed by atoms with Crippen molar-refractivity contribution in [3.63, 3.8) is 0 Å². The molecule has 0 fully saturated rings. The summed E-state index contributed by atoms with van der Waals surface area (Å²) in [5.41, 5.74) is 2.46. The molecule has 26 heavy (non-hydrogen) atoms. The van der Waals surface area contributed by atoms with Crippen LogP contribution in [0.4, 0.5) is 0 Å². The van der Waals surface area contributed by atoms with Crippen LogP contribution in [0.25, 0.3) is 0 Å². The molecule has 0 saturated carbocycles. The number of nitriles is 1. The first-order valence-corrected chi connectivity index (χ1v) is 9.40. The van der Waals surface area contributed by atoms with Crippen molar-refractivity contribution in [2.45, 2.75) is 32.8 Å². The molecule has 1 unspecified atom stereocenters. The van der Waals surface area contributed by atoms with Crippen LogP contribution in [-0.2, 0) is 12.0 Å². The molecular formula is C21H21N3OS. The fourth-order valence-electron chi connectivity index (χ4n) is 2.91. The maximum Gasteiger partial charge on any atom is 0.140 e. The highest BCUT2D eigenvalue weighted by atomic mass is 32.1. The van der Waals surface area contributed by atoms with Crippen molar-refractivity contribution in [3.8, 4) is 11.8 Å². The van der Waals surface area contributed by atoms with Crippen LogP contribution in [-0.4, -0.2) is 9.97 Å². The number of thiazole rings is 1. The van der Waals surface area contributed by atoms with E-state index >= 15 is 0 Å². The van der Waals surface area contributed by atoms with Gasteiger partial charge in [-0.3, -0.25) is 4.98 Å². The first-order chi connectivity index (χ1) is 12.5. The van der Waals surface area contributed by atoms with Crippen molar-refractivity contribution in [2.24, 2.45) is 5.92 Å². The van der Waals surface area contributed by atoms with Crippen LogP contribution in [0, 0.1) is 17.2 Å². The smallest absolute Gasteiger partial charge is 0.140 e. The minimum absolute atomic E-state index is 0.248. The summed E-state index contributed by atoms with van der Waals surface area (Å²) < 4.78 is 5.81. The highest BCUT2D eigenvalue weighted by Crippen LogP contribution is 2.38. The maximum absolute atomic E-state index is 9.00. The molecule has 0 spiro atoms. The van der Waals surface area contributed by atoms with Gasteiger partial charge in [-0.2, -0.15) is 5.26 Å². The van der Waals surface area contributed by atoms with Gasteiger partial charge < -0.3 is 4.74 Å². The average molecular weight is 363 g/mol. The lowest BCUT2D eigenvalue weighted by Gasteiger charge is -2.34. The number of ether oxygens (including phenoxy) is 1. The van der Waals surface area contributed by atoms with Crippen molar-refractivity contribution in [2.75, 3.05) is 0 Å². The summed E-state index contributed by atoms with van der Waals surface area (Å²) in [5.74, 6) is 1.16. The second-order valence-electron chi connectivity index (χ2n) is 6.64. The van der Waals surface area contributed by atoms with Gasteiger partial charge in [0, 0.05) is 23.2 Å². The Bertz CT molecular complexity index is 881. The van der Waals surface area contributed by atoms with Gasteiger partial charge >= 0.3 is 0 Å². The molecule has 1 atom stereocenters. The average Bonchev–Trinajstić information content (AvgIpc) is 3.19. The fraction of sp³-hybridized carbons (Fsp3) is 0.286. The molecule has 1 aromatic carbocycles. The number of nitrogens with zero attached hydrogens (tertiary/aromatic N) is 3. The van der Waals surface area contributed by atoms with Crippen LogP contribution >= 0.6 is 11.3 Å². The van der Waals surface area contributed by atoms with Gasteiger partial charge in [0.1, 0.15) is 23.4 Å². The third-order valence-corrected chi connectivity index (χ3v) is 5.63. The number of aromatic nitrogens is 2. The van der Waals surface area contributed by atoms with E-state index in [-0.39, 0.29) is 5.41 Å². The summed E-state index contributed by atoms with van der Waals surface area (Å²) in [5, 5.41) is 11.9. The Labute approximate surface area is 158 Å². The lowest BCUT2D eigenvalue weighted by atomic mass is 9.70. The molecule has 0 aliphatic carbocycles. The third kappa shape index (κ3) is 3.61. The van der Waals surface area contributed by atoms with Crippen molar-refractivity contribution < 1.29 is 4.74 Å². The normalized spacial score (nSPS) is 13.2. The van der Waals surface area contributed by atoms with Crippen LogP contribution < -0.4 is 4.74 Å². The summed E-state index contributed by atoms with van der Waals surface area (Å²) >= 11 is 1.59. The Morgan fingerprint density at radius 3 is 2.46 bits per heavy atom. The number of hydrogen-bond donors (Lipinski definition) is 0. The highest BCUT2D eigenvalue weighted by Gasteiger charge is 2.33. The molecule has 2 heterocycles. The van der Waals surface area contributed by atoms with Gasteiger partial charge in [0.25, 0.3) is 0 Å². The van der Waals surface area contributed by atoms with E-state index in [4.69, 9.17) is 10.00 Å². The lowest BCUT2D eigenvalue weighted by molar-refractivity contribution is 0.305. The molecule has 5 heteroatoms. The monoisotopic (exact) mass is 363 g/mol. The molecule has 0 bridgehead atoms. The number of hydrogen-bond acceptors (Lipinski definition) is 5. The summed E-state index contributed by atoms with van der Waals surface area (Å²) in [4.78, 5) is 8.78. The highest BCUT2D eigenvalue weighted by molar-refractivity contribution is 7.09. The third-order valence-electron chi connectivity index (χ3n) is 4.88. The van der Waals surface area contributed by atoms with E-state index in [2.05, 4.69) is 48.9 Å². The van der Waals surface area contributed by atoms with Crippen molar-refractivity contribution in [1.82, 2.24) is 9.97 Å². The summed E-state index contributed by atoms with van der Waals surface area (Å²) in [6.45, 7) is 7.05. The SMILES string of the molecule is CC(C)C(C)(c1ccc(OCc2nccs2)cc1)c1ccc(C#N)cn1. The predicted molar refractivity (Wildman–Crippen MR) is 103 cm³/mol. The van der Waals surface area contributed by atoms with E-state index in [1.54, 1.807) is 23.7 Å². The topological polar surface area (TPSA) is 58.8 Å². The molecule has 2 aromatic heterocycles. The Kier molecular flexibility index (Phi) is 5.34. The van der Waals surface area contributed by atoms with Gasteiger partial charge in [0.15, 0.2) is 0 Å². The second-order valence-corrected chi connectivity index (χ2v) is 7.62. The van der Waals surface area contributed by atoms with Crippen molar-refractivity contribution in [3.05, 3.63) is 76.0 Å². The van der Waals surface area contributed by atoms with Gasteiger partial charge in [-0.1, -0.05) is 26.0 Å². The molecular weight excluding hydrogens is 342 g/mol. The minimum Gasteiger partial charge on any atom is -0.486 e. The van der Waals surface area contributed by atoms with E-state index < -0.39 is 0 Å². The fourth-order valence-corrected chi connectivity index (χ4v) is 3.44. The molecule has 0 amide bonds. The van der Waals surface area contributed by atoms with Gasteiger partial charge in [-0.05, 0) is 42.7 Å². The molecule has 0 aliphatic rings. The molecule has 0 radical (unpaired) electrons. The molecule has 4 nitrogen and oxygen atoms in total. The Morgan fingerprint density at radius 2 is 1.92 bits per heavy atom. The quantitative estimate of drug-likeness (QED) is 0.622. The van der Waals surface area contributed by atoms with Crippen LogP contribution in [0.5, 0.6) is 5.75 Å². The van der Waals surface area contributed by atoms with E-state index in [1.807, 2.05) is 29.6 Å². The molecule has 3 aromatic rings. The van der Waals surface area contributed by atoms with Crippen LogP contribution in [0.1, 0.15) is 42.6 Å². The molecule has 0 N–H and O–H groups in total. The lowest BCUT2D eigenvalue weighted by Crippen LogP contribution is -2.31. The van der Waals surface area contributed by atoms with Gasteiger partial charge in [0.05, 0.1) is 11.3 Å². The van der Waals surface area contributed by atoms with Gasteiger partial charge in [-0.15, -0.1) is 11.3 Å². The Morgan fingerprint density at radius 1 is 1.15 bits per heavy atom. The maximum atomic E-state index is 9.00. The van der Waals surface area contributed by atoms with Crippen LogP contribution in [0.15, 0.2) is 54.2 Å². The van der Waals surface area contributed by atoms with E-state index in [0.717, 1.165) is 16.5 Å². The number of rotatable bonds is 6. The van der Waals surface area contributed by atoms with E-state index in [9.17, 15) is 0 Å². The second kappa shape index (κ2) is 7.67. The largest absolute Gasteiger partial charge is 0.486 e. The standard InChI is InChI=1S/C21H21N3OS/c1-15(2)21(3,19-9-4-16(12-22)13-24-19)17-5-7-18(8-6-17)25-14-20-23-10-11-26-20/h4-11,13,15H,14H2,1-3H3. The summed E-state index contributed by atoms with van der Waals surface area (Å²) in [7, 11) is 0. The first-order valence-electron chi connectivity index (χ1n) is 8.52.